The van der Waals surface area contributed by atoms with Gasteiger partial charge in [-0.15, -0.1) is 0 Å². The minimum Gasteiger partial charge on any atom is -0.343 e. The Bertz CT molecular complexity index is 205. The van der Waals surface area contributed by atoms with E-state index in [4.69, 9.17) is 0 Å². The maximum atomic E-state index is 11.9. The first-order valence-electron chi connectivity index (χ1n) is 6.26. The number of carbonyl (C=O) groups excluding carboxylic acids is 1. The molecule has 0 aromatic rings. The Balaban J connectivity index is 2.39. The van der Waals surface area contributed by atoms with Gasteiger partial charge in [-0.25, -0.2) is 0 Å². The van der Waals surface area contributed by atoms with E-state index in [1.165, 1.54) is 25.7 Å². The van der Waals surface area contributed by atoms with Gasteiger partial charge in [0.1, 0.15) is 0 Å². The van der Waals surface area contributed by atoms with Crippen LogP contribution in [0.25, 0.3) is 0 Å². The van der Waals surface area contributed by atoms with Crippen LogP contribution in [-0.4, -0.2) is 23.9 Å². The van der Waals surface area contributed by atoms with E-state index in [1.807, 2.05) is 11.9 Å². The summed E-state index contributed by atoms with van der Waals surface area (Å²) in [5.41, 5.74) is 0. The lowest BCUT2D eigenvalue weighted by atomic mass is 9.86. The van der Waals surface area contributed by atoms with Crippen LogP contribution in [0.4, 0.5) is 0 Å². The molecule has 2 nitrogen and oxygen atoms in total. The number of nitrogens with zero attached hydrogens (tertiary/aromatic N) is 1. The molecule has 0 heterocycles. The number of rotatable bonds is 3. The first kappa shape index (κ1) is 12.5. The van der Waals surface area contributed by atoms with Crippen LogP contribution in [0.5, 0.6) is 0 Å². The SMILES string of the molecule is CC(C)CC(=O)N(C)C1CCC(C)CC1. The molecule has 1 rings (SSSR count). The summed E-state index contributed by atoms with van der Waals surface area (Å²) < 4.78 is 0. The van der Waals surface area contributed by atoms with Gasteiger partial charge in [-0.05, 0) is 37.5 Å². The highest BCUT2D eigenvalue weighted by Crippen LogP contribution is 2.26. The van der Waals surface area contributed by atoms with Crippen LogP contribution >= 0.6 is 0 Å². The van der Waals surface area contributed by atoms with Gasteiger partial charge in [0.2, 0.25) is 5.91 Å². The van der Waals surface area contributed by atoms with Gasteiger partial charge in [0.15, 0.2) is 0 Å². The van der Waals surface area contributed by atoms with Crippen molar-refractivity contribution in [3.8, 4) is 0 Å². The van der Waals surface area contributed by atoms with Crippen molar-refractivity contribution in [2.24, 2.45) is 11.8 Å². The Morgan fingerprint density at radius 2 is 1.80 bits per heavy atom. The van der Waals surface area contributed by atoms with E-state index >= 15 is 0 Å². The predicted molar refractivity (Wildman–Crippen MR) is 63.6 cm³/mol. The van der Waals surface area contributed by atoms with Crippen molar-refractivity contribution in [3.63, 3.8) is 0 Å². The van der Waals surface area contributed by atoms with Gasteiger partial charge >= 0.3 is 0 Å². The summed E-state index contributed by atoms with van der Waals surface area (Å²) in [4.78, 5) is 13.9. The zero-order valence-electron chi connectivity index (χ0n) is 10.6. The molecule has 0 N–H and O–H groups in total. The normalized spacial score (nSPS) is 26.7. The monoisotopic (exact) mass is 211 g/mol. The molecule has 0 atom stereocenters. The van der Waals surface area contributed by atoms with E-state index in [1.54, 1.807) is 0 Å². The van der Waals surface area contributed by atoms with Crippen molar-refractivity contribution in [2.75, 3.05) is 7.05 Å². The maximum Gasteiger partial charge on any atom is 0.222 e. The van der Waals surface area contributed by atoms with Crippen LogP contribution in [-0.2, 0) is 4.79 Å². The number of amides is 1. The molecular formula is C13H25NO. The van der Waals surface area contributed by atoms with Crippen molar-refractivity contribution in [3.05, 3.63) is 0 Å². The summed E-state index contributed by atoms with van der Waals surface area (Å²) in [6.07, 6.45) is 5.65. The van der Waals surface area contributed by atoms with Crippen molar-refractivity contribution >= 4 is 5.91 Å². The Kier molecular flexibility index (Phi) is 4.62. The second-order valence-corrected chi connectivity index (χ2v) is 5.52. The van der Waals surface area contributed by atoms with Gasteiger partial charge in [0.05, 0.1) is 0 Å². The number of carbonyl (C=O) groups is 1. The second kappa shape index (κ2) is 5.53. The Hall–Kier alpha value is -0.530. The fraction of sp³-hybridized carbons (Fsp3) is 0.923. The van der Waals surface area contributed by atoms with Gasteiger partial charge in [-0.2, -0.15) is 0 Å². The molecule has 2 heteroatoms. The summed E-state index contributed by atoms with van der Waals surface area (Å²) in [6, 6.07) is 0.507. The van der Waals surface area contributed by atoms with Crippen LogP contribution in [0.1, 0.15) is 52.9 Å². The van der Waals surface area contributed by atoms with Gasteiger partial charge in [0.25, 0.3) is 0 Å². The summed E-state index contributed by atoms with van der Waals surface area (Å²) in [5, 5.41) is 0. The molecule has 88 valence electrons. The summed E-state index contributed by atoms with van der Waals surface area (Å²) in [7, 11) is 1.98. The molecule has 0 radical (unpaired) electrons. The topological polar surface area (TPSA) is 20.3 Å². The quantitative estimate of drug-likeness (QED) is 0.702. The Morgan fingerprint density at radius 3 is 2.27 bits per heavy atom. The standard InChI is InChI=1S/C13H25NO/c1-10(2)9-13(15)14(4)12-7-5-11(3)6-8-12/h10-12H,5-9H2,1-4H3. The molecule has 0 saturated heterocycles. The fourth-order valence-electron chi connectivity index (χ4n) is 2.33. The zero-order chi connectivity index (χ0) is 11.4. The van der Waals surface area contributed by atoms with E-state index in [0.29, 0.717) is 24.3 Å². The Labute approximate surface area is 94.0 Å². The molecule has 1 aliphatic carbocycles. The van der Waals surface area contributed by atoms with Crippen molar-refractivity contribution in [1.29, 1.82) is 0 Å². The molecule has 0 aromatic carbocycles. The third kappa shape index (κ3) is 3.84. The van der Waals surface area contributed by atoms with Crippen LogP contribution < -0.4 is 0 Å². The number of hydrogen-bond donors (Lipinski definition) is 0. The van der Waals surface area contributed by atoms with Crippen LogP contribution in [0.15, 0.2) is 0 Å². The third-order valence-electron chi connectivity index (χ3n) is 3.51. The molecule has 15 heavy (non-hydrogen) atoms. The summed E-state index contributed by atoms with van der Waals surface area (Å²) in [6.45, 7) is 6.52. The predicted octanol–water partition coefficient (Wildman–Crippen LogP) is 3.07. The molecule has 0 spiro atoms. The minimum atomic E-state index is 0.324. The molecule has 0 bridgehead atoms. The fourth-order valence-corrected chi connectivity index (χ4v) is 2.33. The van der Waals surface area contributed by atoms with Gasteiger partial charge in [-0.3, -0.25) is 4.79 Å². The third-order valence-corrected chi connectivity index (χ3v) is 3.51. The zero-order valence-corrected chi connectivity index (χ0v) is 10.6. The van der Waals surface area contributed by atoms with E-state index in [-0.39, 0.29) is 0 Å². The first-order valence-corrected chi connectivity index (χ1v) is 6.26. The largest absolute Gasteiger partial charge is 0.343 e. The summed E-state index contributed by atoms with van der Waals surface area (Å²) in [5.74, 6) is 1.65. The smallest absolute Gasteiger partial charge is 0.222 e. The van der Waals surface area contributed by atoms with Crippen LogP contribution in [0.2, 0.25) is 0 Å². The second-order valence-electron chi connectivity index (χ2n) is 5.52. The lowest BCUT2D eigenvalue weighted by molar-refractivity contribution is -0.133. The molecule has 1 fully saturated rings. The highest BCUT2D eigenvalue weighted by Gasteiger charge is 2.24. The highest BCUT2D eigenvalue weighted by atomic mass is 16.2. The van der Waals surface area contributed by atoms with E-state index in [0.717, 1.165) is 5.92 Å². The van der Waals surface area contributed by atoms with Crippen LogP contribution in [0.3, 0.4) is 0 Å². The van der Waals surface area contributed by atoms with Gasteiger partial charge in [-0.1, -0.05) is 20.8 Å². The number of hydrogen-bond acceptors (Lipinski definition) is 1. The van der Waals surface area contributed by atoms with E-state index in [2.05, 4.69) is 20.8 Å². The average Bonchev–Trinajstić information content (AvgIpc) is 2.17. The molecule has 0 unspecified atom stereocenters. The molecule has 1 amide bonds. The molecule has 1 saturated carbocycles. The van der Waals surface area contributed by atoms with E-state index in [9.17, 15) is 4.79 Å². The molecule has 0 aromatic heterocycles. The Morgan fingerprint density at radius 1 is 1.27 bits per heavy atom. The van der Waals surface area contributed by atoms with Gasteiger partial charge < -0.3 is 4.90 Å². The lowest BCUT2D eigenvalue weighted by Gasteiger charge is -2.34. The molecular weight excluding hydrogens is 186 g/mol. The maximum absolute atomic E-state index is 11.9. The highest BCUT2D eigenvalue weighted by molar-refractivity contribution is 5.76. The lowest BCUT2D eigenvalue weighted by Crippen LogP contribution is -2.39. The van der Waals surface area contributed by atoms with Crippen molar-refractivity contribution in [2.45, 2.75) is 58.9 Å². The first-order chi connectivity index (χ1) is 7.00. The van der Waals surface area contributed by atoms with Crippen LogP contribution in [0, 0.1) is 11.8 Å². The van der Waals surface area contributed by atoms with Crippen molar-refractivity contribution < 1.29 is 4.79 Å². The summed E-state index contributed by atoms with van der Waals surface area (Å²) >= 11 is 0. The molecule has 0 aliphatic heterocycles. The van der Waals surface area contributed by atoms with Crippen molar-refractivity contribution in [1.82, 2.24) is 4.90 Å². The minimum absolute atomic E-state index is 0.324. The van der Waals surface area contributed by atoms with E-state index < -0.39 is 0 Å². The average molecular weight is 211 g/mol. The van der Waals surface area contributed by atoms with Gasteiger partial charge in [0, 0.05) is 19.5 Å². The molecule has 1 aliphatic rings.